The van der Waals surface area contributed by atoms with Crippen molar-refractivity contribution in [2.24, 2.45) is 5.92 Å². The summed E-state index contributed by atoms with van der Waals surface area (Å²) in [6.45, 7) is 1.21. The van der Waals surface area contributed by atoms with Crippen LogP contribution in [-0.4, -0.2) is 17.6 Å². The number of aromatic nitrogens is 1. The highest BCUT2D eigenvalue weighted by Crippen LogP contribution is 2.42. The van der Waals surface area contributed by atoms with Crippen molar-refractivity contribution in [2.45, 2.75) is 24.8 Å². The zero-order valence-electron chi connectivity index (χ0n) is 7.91. The molecule has 3 rings (SSSR count). The molecule has 14 heavy (non-hydrogen) atoms. The fourth-order valence-corrected chi connectivity index (χ4v) is 2.94. The number of pyridine rings is 1. The average molecular weight is 209 g/mol. The first-order chi connectivity index (χ1) is 6.83. The van der Waals surface area contributed by atoms with Crippen molar-refractivity contribution in [3.63, 3.8) is 0 Å². The van der Waals surface area contributed by atoms with E-state index >= 15 is 0 Å². The van der Waals surface area contributed by atoms with Crippen LogP contribution in [0, 0.1) is 5.92 Å². The van der Waals surface area contributed by atoms with Crippen molar-refractivity contribution in [3.05, 3.63) is 29.0 Å². The number of fused-ring (bicyclic) bond motifs is 2. The lowest BCUT2D eigenvalue weighted by Crippen LogP contribution is -2.31. The Hall–Kier alpha value is -0.600. The minimum Gasteiger partial charge on any atom is -0.313 e. The fraction of sp³-hybridized carbons (Fsp3) is 0.545. The van der Waals surface area contributed by atoms with E-state index in [-0.39, 0.29) is 0 Å². The predicted octanol–water partition coefficient (Wildman–Crippen LogP) is 2.20. The van der Waals surface area contributed by atoms with Gasteiger partial charge in [0.15, 0.2) is 0 Å². The Morgan fingerprint density at radius 1 is 1.36 bits per heavy atom. The lowest BCUT2D eigenvalue weighted by atomic mass is 9.93. The molecule has 1 aromatic heterocycles. The van der Waals surface area contributed by atoms with Crippen LogP contribution in [0.1, 0.15) is 24.3 Å². The summed E-state index contributed by atoms with van der Waals surface area (Å²) in [5, 5.41) is 4.15. The maximum Gasteiger partial charge on any atom is 0.129 e. The third-order valence-electron chi connectivity index (χ3n) is 3.51. The Labute approximate surface area is 88.7 Å². The fourth-order valence-electron chi connectivity index (χ4n) is 2.83. The normalized spacial score (nSPS) is 35.1. The molecule has 1 N–H and O–H groups in total. The second-order valence-corrected chi connectivity index (χ2v) is 4.76. The molecule has 1 saturated carbocycles. The van der Waals surface area contributed by atoms with E-state index in [0.717, 1.165) is 5.92 Å². The first-order valence-corrected chi connectivity index (χ1v) is 5.55. The molecule has 2 heterocycles. The molecule has 2 fully saturated rings. The number of nitrogens with one attached hydrogen (secondary N) is 1. The summed E-state index contributed by atoms with van der Waals surface area (Å²) in [4.78, 5) is 4.14. The Morgan fingerprint density at radius 3 is 2.86 bits per heavy atom. The van der Waals surface area contributed by atoms with Crippen molar-refractivity contribution in [1.29, 1.82) is 0 Å². The summed E-state index contributed by atoms with van der Waals surface area (Å²) in [5.74, 6) is 1.55. The quantitative estimate of drug-likeness (QED) is 0.716. The van der Waals surface area contributed by atoms with Gasteiger partial charge in [-0.15, -0.1) is 0 Å². The average Bonchev–Trinajstić information content (AvgIpc) is 2.80. The molecule has 3 atom stereocenters. The molecule has 74 valence electrons. The van der Waals surface area contributed by atoms with Crippen molar-refractivity contribution in [1.82, 2.24) is 10.3 Å². The minimum atomic E-state index is 0.588. The number of rotatable bonds is 1. The molecule has 2 bridgehead atoms. The maximum absolute atomic E-state index is 5.77. The van der Waals surface area contributed by atoms with Crippen molar-refractivity contribution >= 4 is 11.6 Å². The Bertz CT molecular complexity index is 336. The van der Waals surface area contributed by atoms with Gasteiger partial charge in [0.25, 0.3) is 0 Å². The van der Waals surface area contributed by atoms with E-state index in [2.05, 4.69) is 16.4 Å². The van der Waals surface area contributed by atoms with Gasteiger partial charge in [0.05, 0.1) is 0 Å². The van der Waals surface area contributed by atoms with Gasteiger partial charge < -0.3 is 5.32 Å². The van der Waals surface area contributed by atoms with Gasteiger partial charge in [-0.2, -0.15) is 0 Å². The van der Waals surface area contributed by atoms with E-state index in [1.54, 1.807) is 0 Å². The second kappa shape index (κ2) is 3.21. The molecule has 0 amide bonds. The molecular weight excluding hydrogens is 196 g/mol. The monoisotopic (exact) mass is 208 g/mol. The molecule has 1 aromatic rings. The zero-order valence-corrected chi connectivity index (χ0v) is 8.67. The van der Waals surface area contributed by atoms with Gasteiger partial charge >= 0.3 is 0 Å². The molecule has 1 saturated heterocycles. The molecule has 0 aromatic carbocycles. The third kappa shape index (κ3) is 1.33. The van der Waals surface area contributed by atoms with E-state index in [0.29, 0.717) is 17.1 Å². The van der Waals surface area contributed by atoms with E-state index < -0.39 is 0 Å². The highest BCUT2D eigenvalue weighted by atomic mass is 35.5. The summed E-state index contributed by atoms with van der Waals surface area (Å²) >= 11 is 5.77. The minimum absolute atomic E-state index is 0.588. The second-order valence-electron chi connectivity index (χ2n) is 4.37. The molecule has 1 aliphatic heterocycles. The van der Waals surface area contributed by atoms with Crippen LogP contribution in [0.2, 0.25) is 5.15 Å². The molecule has 0 radical (unpaired) electrons. The highest BCUT2D eigenvalue weighted by molar-refractivity contribution is 6.29. The summed E-state index contributed by atoms with van der Waals surface area (Å²) in [7, 11) is 0. The molecular formula is C11H13ClN2. The molecule has 1 aliphatic carbocycles. The largest absolute Gasteiger partial charge is 0.313 e. The third-order valence-corrected chi connectivity index (χ3v) is 3.73. The Morgan fingerprint density at radius 2 is 2.29 bits per heavy atom. The van der Waals surface area contributed by atoms with E-state index in [9.17, 15) is 0 Å². The van der Waals surface area contributed by atoms with Gasteiger partial charge in [-0.25, -0.2) is 4.98 Å². The first-order valence-electron chi connectivity index (χ1n) is 5.18. The molecule has 2 nitrogen and oxygen atoms in total. The molecule has 3 heteroatoms. The van der Waals surface area contributed by atoms with Gasteiger partial charge in [-0.05, 0) is 36.9 Å². The SMILES string of the molecule is Clc1ccc([C@@H]2C[C@@H]3CN[C@@H]2C3)cn1. The first kappa shape index (κ1) is 8.69. The summed E-state index contributed by atoms with van der Waals surface area (Å²) in [6, 6.07) is 4.69. The van der Waals surface area contributed by atoms with Crippen LogP contribution in [0.25, 0.3) is 0 Å². The van der Waals surface area contributed by atoms with E-state index in [1.165, 1.54) is 24.9 Å². The summed E-state index contributed by atoms with van der Waals surface area (Å²) < 4.78 is 0. The molecule has 0 spiro atoms. The lowest BCUT2D eigenvalue weighted by Gasteiger charge is -2.22. The predicted molar refractivity (Wildman–Crippen MR) is 56.5 cm³/mol. The van der Waals surface area contributed by atoms with Crippen LogP contribution in [0.4, 0.5) is 0 Å². The van der Waals surface area contributed by atoms with Crippen LogP contribution >= 0.6 is 11.6 Å². The number of hydrogen-bond donors (Lipinski definition) is 1. The van der Waals surface area contributed by atoms with Gasteiger partial charge in [-0.3, -0.25) is 0 Å². The van der Waals surface area contributed by atoms with Gasteiger partial charge in [0, 0.05) is 18.2 Å². The van der Waals surface area contributed by atoms with Crippen LogP contribution in [0.5, 0.6) is 0 Å². The van der Waals surface area contributed by atoms with Crippen LogP contribution in [0.15, 0.2) is 18.3 Å². The van der Waals surface area contributed by atoms with Crippen LogP contribution in [0.3, 0.4) is 0 Å². The Kier molecular flexibility index (Phi) is 1.99. The molecule has 0 unspecified atom stereocenters. The maximum atomic E-state index is 5.77. The standard InChI is InChI=1S/C11H13ClN2/c12-11-2-1-8(6-14-11)9-3-7-4-10(9)13-5-7/h1-2,6-7,9-10,13H,3-5H2/t7-,9-,10+/m0/s1. The number of hydrogen-bond acceptors (Lipinski definition) is 2. The molecule has 2 aliphatic rings. The van der Waals surface area contributed by atoms with Crippen molar-refractivity contribution in [3.8, 4) is 0 Å². The number of nitrogens with zero attached hydrogens (tertiary/aromatic N) is 1. The zero-order chi connectivity index (χ0) is 9.54. The van der Waals surface area contributed by atoms with Gasteiger partial charge in [-0.1, -0.05) is 17.7 Å². The summed E-state index contributed by atoms with van der Waals surface area (Å²) in [5.41, 5.74) is 1.34. The Balaban J connectivity index is 1.86. The topological polar surface area (TPSA) is 24.9 Å². The smallest absolute Gasteiger partial charge is 0.129 e. The van der Waals surface area contributed by atoms with Crippen molar-refractivity contribution < 1.29 is 0 Å². The van der Waals surface area contributed by atoms with Crippen LogP contribution in [-0.2, 0) is 0 Å². The van der Waals surface area contributed by atoms with Crippen LogP contribution < -0.4 is 5.32 Å². The van der Waals surface area contributed by atoms with E-state index in [4.69, 9.17) is 11.6 Å². The van der Waals surface area contributed by atoms with E-state index in [1.807, 2.05) is 12.3 Å². The lowest BCUT2D eigenvalue weighted by molar-refractivity contribution is 0.448. The van der Waals surface area contributed by atoms with Gasteiger partial charge in [0.1, 0.15) is 5.15 Å². The number of halogens is 1. The van der Waals surface area contributed by atoms with Crippen molar-refractivity contribution in [2.75, 3.05) is 6.54 Å². The highest BCUT2D eigenvalue weighted by Gasteiger charge is 2.39. The van der Waals surface area contributed by atoms with Gasteiger partial charge in [0.2, 0.25) is 0 Å². The number of piperidine rings is 1. The summed E-state index contributed by atoms with van der Waals surface area (Å²) in [6.07, 6.45) is 4.59.